The summed E-state index contributed by atoms with van der Waals surface area (Å²) >= 11 is 0. The maximum Gasteiger partial charge on any atom is 0.253 e. The minimum atomic E-state index is -3.27. The van der Waals surface area contributed by atoms with Crippen LogP contribution in [0.1, 0.15) is 36.0 Å². The van der Waals surface area contributed by atoms with Gasteiger partial charge in [0.15, 0.2) is 9.84 Å². The van der Waals surface area contributed by atoms with Crippen LogP contribution in [0.4, 0.5) is 0 Å². The molecule has 1 fully saturated rings. The van der Waals surface area contributed by atoms with E-state index in [1.165, 1.54) is 12.1 Å². The lowest BCUT2D eigenvalue weighted by atomic mass is 10.1. The topological polar surface area (TPSA) is 54.5 Å². The molecular formula is C14H19NO3S. The van der Waals surface area contributed by atoms with Crippen molar-refractivity contribution < 1.29 is 13.2 Å². The Kier molecular flexibility index (Phi) is 3.94. The van der Waals surface area contributed by atoms with Gasteiger partial charge in [-0.25, -0.2) is 8.42 Å². The van der Waals surface area contributed by atoms with Gasteiger partial charge in [-0.1, -0.05) is 18.9 Å². The summed E-state index contributed by atoms with van der Waals surface area (Å²) < 4.78 is 23.0. The third-order valence-corrected chi connectivity index (χ3v) is 4.81. The van der Waals surface area contributed by atoms with Crippen molar-refractivity contribution in [3.8, 4) is 0 Å². The predicted molar refractivity (Wildman–Crippen MR) is 73.9 cm³/mol. The summed E-state index contributed by atoms with van der Waals surface area (Å²) in [6.45, 7) is 0. The van der Waals surface area contributed by atoms with Crippen LogP contribution >= 0.6 is 0 Å². The number of nitrogens with zero attached hydrogens (tertiary/aromatic N) is 1. The first-order valence-corrected chi connectivity index (χ1v) is 8.36. The van der Waals surface area contributed by atoms with Crippen LogP contribution in [0.5, 0.6) is 0 Å². The van der Waals surface area contributed by atoms with E-state index in [1.54, 1.807) is 24.1 Å². The van der Waals surface area contributed by atoms with Crippen molar-refractivity contribution in [2.45, 2.75) is 36.6 Å². The summed E-state index contributed by atoms with van der Waals surface area (Å²) in [5, 5.41) is 0. The molecule has 1 aliphatic carbocycles. The lowest BCUT2D eigenvalue weighted by Gasteiger charge is -2.24. The van der Waals surface area contributed by atoms with Crippen LogP contribution in [-0.4, -0.2) is 38.6 Å². The molecule has 0 saturated heterocycles. The fourth-order valence-electron chi connectivity index (χ4n) is 2.52. The molecule has 0 spiro atoms. The molecule has 0 unspecified atom stereocenters. The Morgan fingerprint density at radius 1 is 1.26 bits per heavy atom. The highest BCUT2D eigenvalue weighted by molar-refractivity contribution is 7.90. The summed E-state index contributed by atoms with van der Waals surface area (Å²) in [5.74, 6) is -0.0996. The second kappa shape index (κ2) is 5.33. The fourth-order valence-corrected chi connectivity index (χ4v) is 3.19. The summed E-state index contributed by atoms with van der Waals surface area (Å²) in [7, 11) is -1.48. The normalized spacial score (nSPS) is 16.5. The van der Waals surface area contributed by atoms with E-state index in [2.05, 4.69) is 0 Å². The van der Waals surface area contributed by atoms with Gasteiger partial charge < -0.3 is 4.90 Å². The van der Waals surface area contributed by atoms with E-state index < -0.39 is 9.84 Å². The van der Waals surface area contributed by atoms with E-state index >= 15 is 0 Å². The zero-order chi connectivity index (χ0) is 14.0. The Morgan fingerprint density at radius 3 is 2.47 bits per heavy atom. The number of hydrogen-bond acceptors (Lipinski definition) is 3. The van der Waals surface area contributed by atoms with Crippen LogP contribution in [0, 0.1) is 0 Å². The van der Waals surface area contributed by atoms with Gasteiger partial charge in [0.05, 0.1) is 4.90 Å². The van der Waals surface area contributed by atoms with E-state index in [9.17, 15) is 13.2 Å². The monoisotopic (exact) mass is 281 g/mol. The van der Waals surface area contributed by atoms with Crippen molar-refractivity contribution >= 4 is 15.7 Å². The second-order valence-corrected chi connectivity index (χ2v) is 7.17. The lowest BCUT2D eigenvalue weighted by molar-refractivity contribution is 0.0735. The van der Waals surface area contributed by atoms with E-state index in [0.717, 1.165) is 31.9 Å². The van der Waals surface area contributed by atoms with Crippen LogP contribution in [0.25, 0.3) is 0 Å². The number of amides is 1. The molecule has 2 rings (SSSR count). The zero-order valence-corrected chi connectivity index (χ0v) is 12.1. The van der Waals surface area contributed by atoms with Crippen molar-refractivity contribution in [2.75, 3.05) is 13.3 Å². The van der Waals surface area contributed by atoms with Crippen molar-refractivity contribution in [3.63, 3.8) is 0 Å². The molecule has 1 aromatic carbocycles. The van der Waals surface area contributed by atoms with Crippen molar-refractivity contribution in [1.29, 1.82) is 0 Å². The van der Waals surface area contributed by atoms with Crippen LogP contribution in [0.15, 0.2) is 29.2 Å². The lowest BCUT2D eigenvalue weighted by Crippen LogP contribution is -2.35. The molecule has 4 nitrogen and oxygen atoms in total. The van der Waals surface area contributed by atoms with E-state index in [0.29, 0.717) is 5.56 Å². The molecule has 5 heteroatoms. The minimum Gasteiger partial charge on any atom is -0.339 e. The number of carbonyl (C=O) groups is 1. The van der Waals surface area contributed by atoms with Crippen molar-refractivity contribution in [3.05, 3.63) is 29.8 Å². The zero-order valence-electron chi connectivity index (χ0n) is 11.3. The highest BCUT2D eigenvalue weighted by Gasteiger charge is 2.24. The van der Waals surface area contributed by atoms with Gasteiger partial charge in [0.25, 0.3) is 5.91 Å². The quantitative estimate of drug-likeness (QED) is 0.852. The molecule has 0 heterocycles. The summed E-state index contributed by atoms with van der Waals surface area (Å²) in [6, 6.07) is 6.55. The molecule has 0 aromatic heterocycles. The Morgan fingerprint density at radius 2 is 1.89 bits per heavy atom. The molecule has 19 heavy (non-hydrogen) atoms. The molecule has 0 N–H and O–H groups in total. The first-order chi connectivity index (χ1) is 8.89. The molecule has 1 aliphatic rings. The number of rotatable bonds is 3. The van der Waals surface area contributed by atoms with Crippen LogP contribution in [0.3, 0.4) is 0 Å². The van der Waals surface area contributed by atoms with Crippen LogP contribution in [0.2, 0.25) is 0 Å². The number of sulfone groups is 1. The molecular weight excluding hydrogens is 262 g/mol. The third-order valence-electron chi connectivity index (χ3n) is 3.70. The third kappa shape index (κ3) is 3.15. The fraction of sp³-hybridized carbons (Fsp3) is 0.500. The van der Waals surface area contributed by atoms with Crippen molar-refractivity contribution in [1.82, 2.24) is 4.90 Å². The number of benzene rings is 1. The average molecular weight is 281 g/mol. The van der Waals surface area contributed by atoms with E-state index in [4.69, 9.17) is 0 Å². The molecule has 0 radical (unpaired) electrons. The molecule has 0 bridgehead atoms. The van der Waals surface area contributed by atoms with Gasteiger partial charge >= 0.3 is 0 Å². The van der Waals surface area contributed by atoms with E-state index in [-0.39, 0.29) is 16.8 Å². The highest BCUT2D eigenvalue weighted by Crippen LogP contribution is 2.24. The van der Waals surface area contributed by atoms with Crippen LogP contribution < -0.4 is 0 Å². The number of carbonyl (C=O) groups excluding carboxylic acids is 1. The minimum absolute atomic E-state index is 0.0996. The highest BCUT2D eigenvalue weighted by atomic mass is 32.2. The largest absolute Gasteiger partial charge is 0.339 e. The first kappa shape index (κ1) is 14.1. The maximum atomic E-state index is 12.3. The smallest absolute Gasteiger partial charge is 0.253 e. The van der Waals surface area contributed by atoms with Gasteiger partial charge in [-0.05, 0) is 31.0 Å². The maximum absolute atomic E-state index is 12.3. The first-order valence-electron chi connectivity index (χ1n) is 6.47. The van der Waals surface area contributed by atoms with Crippen molar-refractivity contribution in [2.24, 2.45) is 0 Å². The second-order valence-electron chi connectivity index (χ2n) is 5.15. The predicted octanol–water partition coefficient (Wildman–Crippen LogP) is 2.10. The Balaban J connectivity index is 2.24. The summed E-state index contributed by atoms with van der Waals surface area (Å²) in [4.78, 5) is 14.3. The Hall–Kier alpha value is -1.36. The number of hydrogen-bond donors (Lipinski definition) is 0. The Bertz CT molecular complexity index is 574. The van der Waals surface area contributed by atoms with Gasteiger partial charge in [-0.3, -0.25) is 4.79 Å². The van der Waals surface area contributed by atoms with Gasteiger partial charge in [0, 0.05) is 24.9 Å². The molecule has 104 valence electrons. The molecule has 1 amide bonds. The molecule has 0 aliphatic heterocycles. The summed E-state index contributed by atoms with van der Waals surface area (Å²) in [5.41, 5.74) is 0.442. The SMILES string of the molecule is CN(C(=O)c1cccc(S(C)(=O)=O)c1)C1CCCC1. The molecule has 1 saturated carbocycles. The van der Waals surface area contributed by atoms with E-state index in [1.807, 2.05) is 0 Å². The molecule has 1 aromatic rings. The van der Waals surface area contributed by atoms with Gasteiger partial charge in [0.1, 0.15) is 0 Å². The van der Waals surface area contributed by atoms with Gasteiger partial charge in [0.2, 0.25) is 0 Å². The Labute approximate surface area is 114 Å². The van der Waals surface area contributed by atoms with Crippen LogP contribution in [-0.2, 0) is 9.84 Å². The average Bonchev–Trinajstić information content (AvgIpc) is 2.90. The molecule has 0 atom stereocenters. The van der Waals surface area contributed by atoms with Gasteiger partial charge in [-0.2, -0.15) is 0 Å². The standard InChI is InChI=1S/C14H19NO3S/c1-15(12-7-3-4-8-12)14(16)11-6-5-9-13(10-11)19(2,17)18/h5-6,9-10,12H,3-4,7-8H2,1-2H3. The summed E-state index contributed by atoms with van der Waals surface area (Å²) in [6.07, 6.45) is 5.54. The van der Waals surface area contributed by atoms with Gasteiger partial charge in [-0.15, -0.1) is 0 Å².